The summed E-state index contributed by atoms with van der Waals surface area (Å²) >= 11 is 0. The first-order chi connectivity index (χ1) is 12.1. The minimum Gasteiger partial charge on any atom is -0.452 e. The average molecular weight is 381 g/mol. The molecule has 1 fully saturated rings. The van der Waals surface area contributed by atoms with Gasteiger partial charge in [-0.1, -0.05) is 24.6 Å². The maximum absolute atomic E-state index is 12.7. The number of benzene rings is 1. The van der Waals surface area contributed by atoms with Crippen LogP contribution >= 0.6 is 0 Å². The number of ether oxygens (including phenoxy) is 1. The highest BCUT2D eigenvalue weighted by Crippen LogP contribution is 2.21. The molecule has 1 aromatic rings. The van der Waals surface area contributed by atoms with Crippen molar-refractivity contribution < 1.29 is 22.7 Å². The number of amides is 1. The van der Waals surface area contributed by atoms with Crippen molar-refractivity contribution in [3.05, 3.63) is 34.9 Å². The Labute approximate surface area is 155 Å². The van der Waals surface area contributed by atoms with Crippen molar-refractivity contribution in [2.45, 2.75) is 52.6 Å². The molecule has 0 radical (unpaired) electrons. The number of aryl methyl sites for hydroxylation is 2. The van der Waals surface area contributed by atoms with Crippen LogP contribution in [0.25, 0.3) is 0 Å². The molecule has 0 bridgehead atoms. The maximum Gasteiger partial charge on any atom is 0.338 e. The van der Waals surface area contributed by atoms with Gasteiger partial charge in [-0.15, -0.1) is 0 Å². The smallest absolute Gasteiger partial charge is 0.338 e. The highest BCUT2D eigenvalue weighted by Gasteiger charge is 2.36. The summed E-state index contributed by atoms with van der Waals surface area (Å²) in [6.45, 7) is 7.14. The van der Waals surface area contributed by atoms with Crippen molar-refractivity contribution in [3.63, 3.8) is 0 Å². The normalized spacial score (nSPS) is 19.8. The Balaban J connectivity index is 2.07. The van der Waals surface area contributed by atoms with Crippen molar-refractivity contribution in [1.29, 1.82) is 0 Å². The lowest BCUT2D eigenvalue weighted by molar-refractivity contribution is -0.138. The van der Waals surface area contributed by atoms with Gasteiger partial charge in [-0.3, -0.25) is 4.79 Å². The molecule has 0 spiro atoms. The number of carbonyl (C=O) groups is 2. The first-order valence-electron chi connectivity index (χ1n) is 8.90. The third kappa shape index (κ3) is 4.84. The second kappa shape index (κ2) is 8.20. The summed E-state index contributed by atoms with van der Waals surface area (Å²) in [7, 11) is -3.10. The number of hydrogen-bond acceptors (Lipinski definition) is 5. The summed E-state index contributed by atoms with van der Waals surface area (Å²) in [6, 6.07) is 5.02. The van der Waals surface area contributed by atoms with E-state index in [-0.39, 0.29) is 36.1 Å². The second-order valence-corrected chi connectivity index (χ2v) is 9.24. The standard InChI is InChI=1S/C19H27NO5S/c1-5-15(4)20(16-8-9-26(23,24)12-16)18(21)11-25-19(22)17-10-13(2)6-7-14(17)3/h6-7,10,15-16H,5,8-9,11-12H2,1-4H3/t15-,16-/m1/s1. The summed E-state index contributed by atoms with van der Waals surface area (Å²) in [5, 5.41) is 0. The molecule has 7 heteroatoms. The minimum atomic E-state index is -3.10. The zero-order valence-corrected chi connectivity index (χ0v) is 16.6. The number of carbonyl (C=O) groups excluding carboxylic acids is 2. The van der Waals surface area contributed by atoms with Gasteiger partial charge in [0.05, 0.1) is 17.1 Å². The lowest BCUT2D eigenvalue weighted by atomic mass is 10.1. The lowest BCUT2D eigenvalue weighted by Gasteiger charge is -2.33. The summed E-state index contributed by atoms with van der Waals surface area (Å²) < 4.78 is 28.8. The molecular formula is C19H27NO5S. The Kier molecular flexibility index (Phi) is 6.44. The van der Waals surface area contributed by atoms with E-state index in [4.69, 9.17) is 4.74 Å². The monoisotopic (exact) mass is 381 g/mol. The fourth-order valence-corrected chi connectivity index (χ4v) is 4.95. The van der Waals surface area contributed by atoms with Gasteiger partial charge in [-0.05, 0) is 45.2 Å². The fourth-order valence-electron chi connectivity index (χ4n) is 3.24. The highest BCUT2D eigenvalue weighted by atomic mass is 32.2. The van der Waals surface area contributed by atoms with Gasteiger partial charge < -0.3 is 9.64 Å². The summed E-state index contributed by atoms with van der Waals surface area (Å²) in [5.74, 6) is -0.809. The molecular weight excluding hydrogens is 354 g/mol. The molecule has 0 saturated carbocycles. The van der Waals surface area contributed by atoms with Gasteiger partial charge in [0.25, 0.3) is 5.91 Å². The summed E-state index contributed by atoms with van der Waals surface area (Å²) in [5.41, 5.74) is 2.16. The third-order valence-corrected chi connectivity index (χ3v) is 6.65. The van der Waals surface area contributed by atoms with Gasteiger partial charge in [0.1, 0.15) is 0 Å². The SMILES string of the molecule is CC[C@@H](C)N(C(=O)COC(=O)c1cc(C)ccc1C)[C@@H]1CCS(=O)(=O)C1. The molecule has 1 saturated heterocycles. The Morgan fingerprint density at radius 3 is 2.58 bits per heavy atom. The van der Waals surface area contributed by atoms with Crippen LogP contribution in [0.4, 0.5) is 0 Å². The summed E-state index contributed by atoms with van der Waals surface area (Å²) in [4.78, 5) is 26.6. The number of hydrogen-bond donors (Lipinski definition) is 0. The molecule has 1 aliphatic rings. The van der Waals surface area contributed by atoms with Crippen molar-refractivity contribution in [3.8, 4) is 0 Å². The summed E-state index contributed by atoms with van der Waals surface area (Å²) in [6.07, 6.45) is 1.14. The van der Waals surface area contributed by atoms with Crippen LogP contribution in [0.2, 0.25) is 0 Å². The van der Waals surface area contributed by atoms with Crippen LogP contribution in [0.3, 0.4) is 0 Å². The number of esters is 1. The first-order valence-corrected chi connectivity index (χ1v) is 10.7. The van der Waals surface area contributed by atoms with Gasteiger partial charge in [0.15, 0.2) is 16.4 Å². The van der Waals surface area contributed by atoms with Crippen LogP contribution in [0.15, 0.2) is 18.2 Å². The van der Waals surface area contributed by atoms with E-state index in [1.54, 1.807) is 11.0 Å². The van der Waals surface area contributed by atoms with E-state index in [0.717, 1.165) is 11.1 Å². The van der Waals surface area contributed by atoms with Crippen LogP contribution in [0, 0.1) is 13.8 Å². The topological polar surface area (TPSA) is 80.8 Å². The largest absolute Gasteiger partial charge is 0.452 e. The van der Waals surface area contributed by atoms with Crippen molar-refractivity contribution >= 4 is 21.7 Å². The minimum absolute atomic E-state index is 0.0198. The number of nitrogens with zero attached hydrogens (tertiary/aromatic N) is 1. The van der Waals surface area contributed by atoms with E-state index in [9.17, 15) is 18.0 Å². The Hall–Kier alpha value is -1.89. The highest BCUT2D eigenvalue weighted by molar-refractivity contribution is 7.91. The van der Waals surface area contributed by atoms with Crippen molar-refractivity contribution in [1.82, 2.24) is 4.90 Å². The predicted molar refractivity (Wildman–Crippen MR) is 99.9 cm³/mol. The molecule has 26 heavy (non-hydrogen) atoms. The molecule has 0 unspecified atom stereocenters. The number of sulfone groups is 1. The Morgan fingerprint density at radius 2 is 2.00 bits per heavy atom. The molecule has 6 nitrogen and oxygen atoms in total. The molecule has 0 aliphatic carbocycles. The van der Waals surface area contributed by atoms with Gasteiger partial charge in [0.2, 0.25) is 0 Å². The van der Waals surface area contributed by atoms with Crippen LogP contribution in [-0.2, 0) is 19.4 Å². The molecule has 0 N–H and O–H groups in total. The second-order valence-electron chi connectivity index (χ2n) is 7.01. The molecule has 2 rings (SSSR count). The molecule has 0 aromatic heterocycles. The van der Waals surface area contributed by atoms with E-state index in [2.05, 4.69) is 0 Å². The van der Waals surface area contributed by atoms with Crippen LogP contribution in [-0.4, -0.2) is 55.4 Å². The first kappa shape index (κ1) is 20.4. The number of rotatable bonds is 6. The van der Waals surface area contributed by atoms with Crippen molar-refractivity contribution in [2.24, 2.45) is 0 Å². The predicted octanol–water partition coefficient (Wildman–Crippen LogP) is 2.27. The van der Waals surface area contributed by atoms with Gasteiger partial charge in [0, 0.05) is 12.1 Å². The third-order valence-electron chi connectivity index (χ3n) is 4.90. The van der Waals surface area contributed by atoms with E-state index in [1.165, 1.54) is 0 Å². The molecule has 2 atom stereocenters. The van der Waals surface area contributed by atoms with Gasteiger partial charge >= 0.3 is 5.97 Å². The average Bonchev–Trinajstić information content (AvgIpc) is 2.94. The van der Waals surface area contributed by atoms with E-state index in [1.807, 2.05) is 39.8 Å². The molecule has 1 aromatic carbocycles. The Morgan fingerprint density at radius 1 is 1.31 bits per heavy atom. The van der Waals surface area contributed by atoms with Gasteiger partial charge in [-0.2, -0.15) is 0 Å². The Bertz CT molecular complexity index is 787. The van der Waals surface area contributed by atoms with E-state index in [0.29, 0.717) is 18.4 Å². The zero-order chi connectivity index (χ0) is 19.5. The fraction of sp³-hybridized carbons (Fsp3) is 0.579. The molecule has 1 aliphatic heterocycles. The van der Waals surface area contributed by atoms with Crippen LogP contribution in [0.5, 0.6) is 0 Å². The maximum atomic E-state index is 12.7. The zero-order valence-electron chi connectivity index (χ0n) is 15.8. The van der Waals surface area contributed by atoms with Gasteiger partial charge in [-0.25, -0.2) is 13.2 Å². The van der Waals surface area contributed by atoms with E-state index >= 15 is 0 Å². The quantitative estimate of drug-likeness (QED) is 0.706. The molecule has 1 heterocycles. The van der Waals surface area contributed by atoms with Crippen LogP contribution in [0.1, 0.15) is 48.2 Å². The van der Waals surface area contributed by atoms with Crippen molar-refractivity contribution in [2.75, 3.05) is 18.1 Å². The molecule has 1 amide bonds. The van der Waals surface area contributed by atoms with Crippen LogP contribution < -0.4 is 0 Å². The lowest BCUT2D eigenvalue weighted by Crippen LogP contribution is -2.48. The molecule has 144 valence electrons. The van der Waals surface area contributed by atoms with E-state index < -0.39 is 15.8 Å².